The fourth-order valence-electron chi connectivity index (χ4n) is 7.61. The van der Waals surface area contributed by atoms with Gasteiger partial charge in [-0.15, -0.1) is 0 Å². The van der Waals surface area contributed by atoms with E-state index in [-0.39, 0.29) is 31.9 Å². The van der Waals surface area contributed by atoms with E-state index in [2.05, 4.69) is 41.8 Å². The number of carbonyl (C=O) groups is 2. The van der Waals surface area contributed by atoms with Gasteiger partial charge >= 0.3 is 11.9 Å². The fraction of sp³-hybridized carbons (Fsp3) is 0.444. The highest BCUT2D eigenvalue weighted by Gasteiger charge is 2.54. The summed E-state index contributed by atoms with van der Waals surface area (Å²) in [7, 11) is 4.66. The standard InChI is InChI=1S/C36H40N2O9/c1-20-6-7-26(21(2)12-20)38-10-8-37(9-11-38)17-31(39)47-34-24-16-28-27(45-19-46-28)15-23(24)32(33-25(34)18-44-36(33)40)22-13-29(41-3)35(43-5)30(14-22)42-4/h6-7,12-16,25,32-34H,8-11,17-19H2,1-5H3/t25-,32+,33-,34-/m0/s1. The molecular weight excluding hydrogens is 604 g/mol. The predicted octanol–water partition coefficient (Wildman–Crippen LogP) is 4.40. The molecule has 0 unspecified atom stereocenters. The van der Waals surface area contributed by atoms with Crippen molar-refractivity contribution >= 4 is 17.6 Å². The average Bonchev–Trinajstić information content (AvgIpc) is 3.69. The minimum absolute atomic E-state index is 0.0838. The number of methoxy groups -OCH3 is 3. The lowest BCUT2D eigenvalue weighted by molar-refractivity contribution is -0.156. The maximum absolute atomic E-state index is 13.6. The number of piperazine rings is 1. The van der Waals surface area contributed by atoms with Crippen molar-refractivity contribution in [2.24, 2.45) is 11.8 Å². The van der Waals surface area contributed by atoms with Crippen LogP contribution >= 0.6 is 0 Å². The molecular formula is C36H40N2O9. The number of nitrogens with zero attached hydrogens (tertiary/aromatic N) is 2. The largest absolute Gasteiger partial charge is 0.493 e. The fourth-order valence-corrected chi connectivity index (χ4v) is 7.61. The zero-order chi connectivity index (χ0) is 32.8. The van der Waals surface area contributed by atoms with Crippen LogP contribution in [0.1, 0.15) is 39.8 Å². The van der Waals surface area contributed by atoms with Crippen molar-refractivity contribution in [1.29, 1.82) is 0 Å². The van der Waals surface area contributed by atoms with Gasteiger partial charge in [0.2, 0.25) is 12.5 Å². The summed E-state index contributed by atoms with van der Waals surface area (Å²) >= 11 is 0. The lowest BCUT2D eigenvalue weighted by Gasteiger charge is -2.39. The van der Waals surface area contributed by atoms with E-state index in [1.807, 2.05) is 24.3 Å². The first-order valence-electron chi connectivity index (χ1n) is 15.9. The van der Waals surface area contributed by atoms with Crippen LogP contribution in [0.3, 0.4) is 0 Å². The number of ether oxygens (including phenoxy) is 7. The topological polar surface area (TPSA) is 105 Å². The van der Waals surface area contributed by atoms with Gasteiger partial charge in [-0.1, -0.05) is 17.7 Å². The highest BCUT2D eigenvalue weighted by Crippen LogP contribution is 2.56. The van der Waals surface area contributed by atoms with E-state index in [0.29, 0.717) is 28.7 Å². The number of hydrogen-bond acceptors (Lipinski definition) is 11. The predicted molar refractivity (Wildman–Crippen MR) is 172 cm³/mol. The summed E-state index contributed by atoms with van der Waals surface area (Å²) in [6.45, 7) is 7.70. The summed E-state index contributed by atoms with van der Waals surface area (Å²) in [4.78, 5) is 31.6. The third-order valence-corrected chi connectivity index (χ3v) is 9.84. The normalized spacial score (nSPS) is 23.1. The molecule has 3 heterocycles. The molecule has 3 aliphatic heterocycles. The van der Waals surface area contributed by atoms with Gasteiger partial charge in [0.1, 0.15) is 6.10 Å². The van der Waals surface area contributed by atoms with Gasteiger partial charge in [-0.2, -0.15) is 0 Å². The van der Waals surface area contributed by atoms with Gasteiger partial charge in [0.05, 0.1) is 40.4 Å². The molecule has 47 heavy (non-hydrogen) atoms. The maximum atomic E-state index is 13.6. The second-order valence-corrected chi connectivity index (χ2v) is 12.6. The van der Waals surface area contributed by atoms with Crippen molar-refractivity contribution in [3.63, 3.8) is 0 Å². The Morgan fingerprint density at radius 2 is 1.53 bits per heavy atom. The molecule has 3 aromatic carbocycles. The molecule has 248 valence electrons. The van der Waals surface area contributed by atoms with Crippen molar-refractivity contribution in [1.82, 2.24) is 4.90 Å². The highest BCUT2D eigenvalue weighted by atomic mass is 16.7. The summed E-state index contributed by atoms with van der Waals surface area (Å²) < 4.78 is 40.4. The van der Waals surface area contributed by atoms with Crippen molar-refractivity contribution in [3.05, 3.63) is 70.3 Å². The van der Waals surface area contributed by atoms with Crippen LogP contribution in [0.2, 0.25) is 0 Å². The smallest absolute Gasteiger partial charge is 0.320 e. The van der Waals surface area contributed by atoms with Crippen molar-refractivity contribution in [2.75, 3.05) is 72.4 Å². The Morgan fingerprint density at radius 1 is 0.851 bits per heavy atom. The van der Waals surface area contributed by atoms with Gasteiger partial charge < -0.3 is 38.1 Å². The van der Waals surface area contributed by atoms with E-state index in [9.17, 15) is 9.59 Å². The molecule has 7 rings (SSSR count). The second-order valence-electron chi connectivity index (χ2n) is 12.6. The molecule has 0 radical (unpaired) electrons. The summed E-state index contributed by atoms with van der Waals surface area (Å²) in [5.74, 6) is 0.348. The molecule has 4 atom stereocenters. The Bertz CT molecular complexity index is 1670. The molecule has 0 bridgehead atoms. The lowest BCUT2D eigenvalue weighted by Crippen LogP contribution is -2.48. The molecule has 1 aliphatic carbocycles. The second kappa shape index (κ2) is 12.5. The van der Waals surface area contributed by atoms with Gasteiger partial charge in [-0.05, 0) is 60.9 Å². The van der Waals surface area contributed by atoms with Crippen LogP contribution in [0.5, 0.6) is 28.7 Å². The average molecular weight is 645 g/mol. The van der Waals surface area contributed by atoms with E-state index in [0.717, 1.165) is 42.9 Å². The molecule has 0 spiro atoms. The first-order valence-corrected chi connectivity index (χ1v) is 15.9. The Kier molecular flexibility index (Phi) is 8.25. The monoisotopic (exact) mass is 644 g/mol. The van der Waals surface area contributed by atoms with Crippen LogP contribution < -0.4 is 28.6 Å². The van der Waals surface area contributed by atoms with E-state index in [4.69, 9.17) is 33.2 Å². The first kappa shape index (κ1) is 31.0. The molecule has 2 fully saturated rings. The van der Waals surface area contributed by atoms with Crippen LogP contribution in [0.15, 0.2) is 42.5 Å². The Balaban J connectivity index is 1.17. The summed E-state index contributed by atoms with van der Waals surface area (Å²) in [5.41, 5.74) is 6.06. The van der Waals surface area contributed by atoms with Crippen LogP contribution in [-0.4, -0.2) is 84.3 Å². The van der Waals surface area contributed by atoms with Gasteiger partial charge in [-0.3, -0.25) is 14.5 Å². The van der Waals surface area contributed by atoms with E-state index >= 15 is 0 Å². The zero-order valence-corrected chi connectivity index (χ0v) is 27.4. The third kappa shape index (κ3) is 5.56. The van der Waals surface area contributed by atoms with E-state index in [1.54, 1.807) is 21.3 Å². The SMILES string of the molecule is COc1cc([C@@H]2c3cc4c(cc3[C@H](OC(=O)CN3CCN(c5ccc(C)cc5C)CC3)[C@H]3COC(=O)[C@H]23)OCO4)cc(OC)c1OC. The quantitative estimate of drug-likeness (QED) is 0.326. The van der Waals surface area contributed by atoms with E-state index in [1.165, 1.54) is 16.8 Å². The van der Waals surface area contributed by atoms with Gasteiger partial charge in [-0.25, -0.2) is 0 Å². The number of carbonyl (C=O) groups excluding carboxylic acids is 2. The number of esters is 2. The minimum atomic E-state index is -0.710. The lowest BCUT2D eigenvalue weighted by atomic mass is 9.66. The minimum Gasteiger partial charge on any atom is -0.493 e. The first-order chi connectivity index (χ1) is 22.8. The summed E-state index contributed by atoms with van der Waals surface area (Å²) in [6.07, 6.45) is -0.710. The molecule has 11 nitrogen and oxygen atoms in total. The molecule has 0 aromatic heterocycles. The van der Waals surface area contributed by atoms with Gasteiger partial charge in [0, 0.05) is 49.3 Å². The summed E-state index contributed by atoms with van der Waals surface area (Å²) in [5, 5.41) is 0. The number of fused-ring (bicyclic) bond motifs is 3. The molecule has 11 heteroatoms. The van der Waals surface area contributed by atoms with Crippen molar-refractivity contribution in [2.45, 2.75) is 25.9 Å². The van der Waals surface area contributed by atoms with Crippen molar-refractivity contribution in [3.8, 4) is 28.7 Å². The molecule has 2 saturated heterocycles. The number of cyclic esters (lactones) is 1. The highest BCUT2D eigenvalue weighted by molar-refractivity contribution is 5.79. The number of anilines is 1. The van der Waals surface area contributed by atoms with Crippen LogP contribution in [-0.2, 0) is 19.1 Å². The molecule has 0 saturated carbocycles. The maximum Gasteiger partial charge on any atom is 0.320 e. The third-order valence-electron chi connectivity index (χ3n) is 9.84. The number of aryl methyl sites for hydroxylation is 2. The Hall–Kier alpha value is -4.64. The Labute approximate surface area is 274 Å². The number of hydrogen-bond donors (Lipinski definition) is 0. The van der Waals surface area contributed by atoms with Gasteiger partial charge in [0.15, 0.2) is 23.0 Å². The summed E-state index contributed by atoms with van der Waals surface area (Å²) in [6, 6.07) is 14.0. The van der Waals surface area contributed by atoms with Crippen LogP contribution in [0, 0.1) is 25.7 Å². The van der Waals surface area contributed by atoms with Crippen molar-refractivity contribution < 1.29 is 42.7 Å². The van der Waals surface area contributed by atoms with Crippen LogP contribution in [0.4, 0.5) is 5.69 Å². The number of benzene rings is 3. The van der Waals surface area contributed by atoms with Gasteiger partial charge in [0.25, 0.3) is 0 Å². The van der Waals surface area contributed by atoms with Crippen LogP contribution in [0.25, 0.3) is 0 Å². The molecule has 0 amide bonds. The van der Waals surface area contributed by atoms with E-state index < -0.39 is 23.9 Å². The molecule has 4 aliphatic rings. The molecule has 3 aromatic rings. The number of rotatable bonds is 8. The Morgan fingerprint density at radius 3 is 2.17 bits per heavy atom. The zero-order valence-electron chi connectivity index (χ0n) is 27.4. The molecule has 0 N–H and O–H groups in total.